The van der Waals surface area contributed by atoms with Gasteiger partial charge < -0.3 is 15.7 Å². The van der Waals surface area contributed by atoms with Crippen molar-refractivity contribution in [2.24, 2.45) is 11.1 Å². The van der Waals surface area contributed by atoms with Crippen molar-refractivity contribution < 1.29 is 14.7 Å². The minimum absolute atomic E-state index is 0.0587. The monoisotopic (exact) mass is 256 g/mol. The van der Waals surface area contributed by atoms with Crippen molar-refractivity contribution in [1.29, 1.82) is 0 Å². The van der Waals surface area contributed by atoms with Gasteiger partial charge in [0.1, 0.15) is 0 Å². The van der Waals surface area contributed by atoms with Crippen LogP contribution in [0.1, 0.15) is 46.0 Å². The fourth-order valence-electron chi connectivity index (χ4n) is 2.29. The van der Waals surface area contributed by atoms with Gasteiger partial charge in [-0.15, -0.1) is 0 Å². The Balaban J connectivity index is 2.43. The van der Waals surface area contributed by atoms with E-state index in [0.29, 0.717) is 32.4 Å². The van der Waals surface area contributed by atoms with E-state index in [4.69, 9.17) is 10.8 Å². The maximum atomic E-state index is 12.0. The predicted octanol–water partition coefficient (Wildman–Crippen LogP) is 1.22. The molecule has 0 radical (unpaired) electrons. The Kier molecular flexibility index (Phi) is 5.14. The van der Waals surface area contributed by atoms with E-state index in [1.54, 1.807) is 11.8 Å². The van der Waals surface area contributed by atoms with Crippen LogP contribution in [-0.4, -0.2) is 41.0 Å². The molecule has 0 aromatic heterocycles. The van der Waals surface area contributed by atoms with Crippen LogP contribution in [0, 0.1) is 5.41 Å². The summed E-state index contributed by atoms with van der Waals surface area (Å²) < 4.78 is 0. The second-order valence-electron chi connectivity index (χ2n) is 5.50. The number of aliphatic carboxylic acids is 1. The first-order valence-electron chi connectivity index (χ1n) is 6.66. The van der Waals surface area contributed by atoms with Gasteiger partial charge in [0, 0.05) is 25.6 Å². The van der Waals surface area contributed by atoms with Crippen LogP contribution in [0.3, 0.4) is 0 Å². The Hall–Kier alpha value is -1.10. The number of nitrogens with zero attached hydrogens (tertiary/aromatic N) is 1. The molecule has 0 aliphatic carbocycles. The van der Waals surface area contributed by atoms with E-state index in [1.165, 1.54) is 0 Å². The normalized spacial score (nSPS) is 20.5. The zero-order valence-corrected chi connectivity index (χ0v) is 11.3. The van der Waals surface area contributed by atoms with Gasteiger partial charge in [0.15, 0.2) is 0 Å². The van der Waals surface area contributed by atoms with Crippen molar-refractivity contribution >= 4 is 11.9 Å². The molecule has 0 bridgehead atoms. The Morgan fingerprint density at radius 3 is 2.39 bits per heavy atom. The third-order valence-electron chi connectivity index (χ3n) is 3.83. The summed E-state index contributed by atoms with van der Waals surface area (Å²) >= 11 is 0. The number of rotatable bonds is 5. The first-order chi connectivity index (χ1) is 8.39. The van der Waals surface area contributed by atoms with Crippen LogP contribution < -0.4 is 5.73 Å². The Labute approximate surface area is 108 Å². The highest BCUT2D eigenvalue weighted by Crippen LogP contribution is 2.31. The van der Waals surface area contributed by atoms with E-state index in [1.807, 2.05) is 6.92 Å². The predicted molar refractivity (Wildman–Crippen MR) is 69.1 cm³/mol. The molecular weight excluding hydrogens is 232 g/mol. The summed E-state index contributed by atoms with van der Waals surface area (Å²) in [5.74, 6) is -0.708. The van der Waals surface area contributed by atoms with E-state index < -0.39 is 11.4 Å². The van der Waals surface area contributed by atoms with E-state index >= 15 is 0 Å². The third-order valence-corrected chi connectivity index (χ3v) is 3.83. The highest BCUT2D eigenvalue weighted by atomic mass is 16.4. The van der Waals surface area contributed by atoms with Gasteiger partial charge >= 0.3 is 5.97 Å². The lowest BCUT2D eigenvalue weighted by molar-refractivity contribution is -0.153. The van der Waals surface area contributed by atoms with Crippen LogP contribution in [-0.2, 0) is 9.59 Å². The number of carbonyl (C=O) groups is 2. The van der Waals surface area contributed by atoms with Crippen LogP contribution in [0.25, 0.3) is 0 Å². The summed E-state index contributed by atoms with van der Waals surface area (Å²) in [5.41, 5.74) is 5.17. The van der Waals surface area contributed by atoms with E-state index in [9.17, 15) is 9.59 Å². The summed E-state index contributed by atoms with van der Waals surface area (Å²) in [4.78, 5) is 24.8. The van der Waals surface area contributed by atoms with Gasteiger partial charge in [0.25, 0.3) is 0 Å². The van der Waals surface area contributed by atoms with E-state index in [0.717, 1.165) is 12.8 Å². The maximum absolute atomic E-state index is 12.0. The van der Waals surface area contributed by atoms with Crippen LogP contribution in [0.2, 0.25) is 0 Å². The average molecular weight is 256 g/mol. The molecule has 0 aromatic rings. The lowest BCUT2D eigenvalue weighted by Crippen LogP contribution is -2.46. The molecule has 1 aliphatic rings. The lowest BCUT2D eigenvalue weighted by Gasteiger charge is -2.36. The summed E-state index contributed by atoms with van der Waals surface area (Å²) in [5, 5.41) is 9.11. The molecule has 1 rings (SSSR count). The molecule has 1 heterocycles. The van der Waals surface area contributed by atoms with Gasteiger partial charge in [-0.05, 0) is 26.2 Å². The summed E-state index contributed by atoms with van der Waals surface area (Å²) in [7, 11) is 0. The number of hydrogen-bond acceptors (Lipinski definition) is 3. The minimum Gasteiger partial charge on any atom is -0.481 e. The molecule has 3 N–H and O–H groups in total. The fraction of sp³-hybridized carbons (Fsp3) is 0.846. The van der Waals surface area contributed by atoms with Crippen LogP contribution in [0.15, 0.2) is 0 Å². The smallest absolute Gasteiger partial charge is 0.309 e. The fourth-order valence-corrected chi connectivity index (χ4v) is 2.29. The molecule has 0 aromatic carbocycles. The zero-order valence-electron chi connectivity index (χ0n) is 11.3. The molecule has 0 saturated carbocycles. The number of hydrogen-bond donors (Lipinski definition) is 2. The second-order valence-corrected chi connectivity index (χ2v) is 5.50. The maximum Gasteiger partial charge on any atom is 0.309 e. The number of carbonyl (C=O) groups excluding carboxylic acids is 1. The highest BCUT2D eigenvalue weighted by molar-refractivity contribution is 5.78. The number of nitrogens with two attached hydrogens (primary N) is 1. The van der Waals surface area contributed by atoms with Crippen molar-refractivity contribution in [2.75, 3.05) is 13.1 Å². The standard InChI is InChI=1S/C13H24N2O3/c1-3-4-10(14)9-11(16)15-7-5-13(2,6-8-15)12(17)18/h10H,3-9,14H2,1-2H3,(H,17,18). The summed E-state index contributed by atoms with van der Waals surface area (Å²) in [6, 6.07) is -0.0738. The number of carboxylic acids is 1. The Morgan fingerprint density at radius 2 is 1.94 bits per heavy atom. The van der Waals surface area contributed by atoms with E-state index in [-0.39, 0.29) is 11.9 Å². The first-order valence-corrected chi connectivity index (χ1v) is 6.66. The van der Waals surface area contributed by atoms with Crippen molar-refractivity contribution in [2.45, 2.75) is 52.0 Å². The molecule has 1 amide bonds. The summed E-state index contributed by atoms with van der Waals surface area (Å²) in [6.07, 6.45) is 3.25. The molecule has 1 aliphatic heterocycles. The molecular formula is C13H24N2O3. The Bertz CT molecular complexity index is 309. The van der Waals surface area contributed by atoms with Crippen molar-refractivity contribution in [1.82, 2.24) is 4.90 Å². The van der Waals surface area contributed by atoms with Crippen LogP contribution in [0.5, 0.6) is 0 Å². The van der Waals surface area contributed by atoms with Crippen LogP contribution in [0.4, 0.5) is 0 Å². The van der Waals surface area contributed by atoms with Gasteiger partial charge in [-0.3, -0.25) is 9.59 Å². The average Bonchev–Trinajstić information content (AvgIpc) is 2.29. The molecule has 104 valence electrons. The van der Waals surface area contributed by atoms with Crippen LogP contribution >= 0.6 is 0 Å². The topological polar surface area (TPSA) is 83.6 Å². The molecule has 5 nitrogen and oxygen atoms in total. The minimum atomic E-state index is -0.766. The van der Waals surface area contributed by atoms with Gasteiger partial charge in [-0.2, -0.15) is 0 Å². The SMILES string of the molecule is CCCC(N)CC(=O)N1CCC(C)(C(=O)O)CC1. The molecule has 5 heteroatoms. The quantitative estimate of drug-likeness (QED) is 0.774. The second kappa shape index (κ2) is 6.18. The van der Waals surface area contributed by atoms with Gasteiger partial charge in [-0.1, -0.05) is 13.3 Å². The lowest BCUT2D eigenvalue weighted by atomic mass is 9.80. The number of amides is 1. The molecule has 1 unspecified atom stereocenters. The van der Waals surface area contributed by atoms with E-state index in [2.05, 4.69) is 0 Å². The highest BCUT2D eigenvalue weighted by Gasteiger charge is 2.37. The van der Waals surface area contributed by atoms with Crippen molar-refractivity contribution in [3.8, 4) is 0 Å². The molecule has 1 atom stereocenters. The number of piperidine rings is 1. The summed E-state index contributed by atoms with van der Waals surface area (Å²) in [6.45, 7) is 4.85. The number of carboxylic acid groups (broad SMARTS) is 1. The van der Waals surface area contributed by atoms with Gasteiger partial charge in [-0.25, -0.2) is 0 Å². The van der Waals surface area contributed by atoms with Gasteiger partial charge in [0.05, 0.1) is 5.41 Å². The van der Waals surface area contributed by atoms with Gasteiger partial charge in [0.2, 0.25) is 5.91 Å². The molecule has 1 fully saturated rings. The van der Waals surface area contributed by atoms with Crippen molar-refractivity contribution in [3.05, 3.63) is 0 Å². The molecule has 1 saturated heterocycles. The Morgan fingerprint density at radius 1 is 1.39 bits per heavy atom. The number of likely N-dealkylation sites (tertiary alicyclic amines) is 1. The third kappa shape index (κ3) is 3.70. The molecule has 18 heavy (non-hydrogen) atoms. The zero-order chi connectivity index (χ0) is 13.8. The largest absolute Gasteiger partial charge is 0.481 e. The molecule has 0 spiro atoms. The van der Waals surface area contributed by atoms with Crippen molar-refractivity contribution in [3.63, 3.8) is 0 Å². The first kappa shape index (κ1) is 15.0.